The van der Waals surface area contributed by atoms with Gasteiger partial charge in [0, 0.05) is 19.3 Å². The fourth-order valence-electron chi connectivity index (χ4n) is 8.70. The van der Waals surface area contributed by atoms with Crippen LogP contribution in [0.15, 0.2) is 85.1 Å². The summed E-state index contributed by atoms with van der Waals surface area (Å²) < 4.78 is 16.9. The summed E-state index contributed by atoms with van der Waals surface area (Å²) in [6, 6.07) is 0. The SMILES string of the molecule is CC/C=C\C/C=C\C/C=C\CCCCCCCC(=O)OC(COC(=O)CCCCCCC/C=C\C/C=C\CCC)COC(=O)CCCCCCCCCCCCCCCCC/C=C\C/C=C\CCCCCCC. The number of carbonyl (C=O) groups is 3. The number of carbonyl (C=O) groups excluding carboxylic acids is 3. The van der Waals surface area contributed by atoms with Crippen molar-refractivity contribution in [2.24, 2.45) is 0 Å². The lowest BCUT2D eigenvalue weighted by atomic mass is 10.0. The van der Waals surface area contributed by atoms with Crippen molar-refractivity contribution in [3.8, 4) is 0 Å². The molecule has 420 valence electrons. The van der Waals surface area contributed by atoms with E-state index in [1.807, 2.05) is 0 Å². The molecule has 0 aromatic heterocycles. The van der Waals surface area contributed by atoms with Crippen LogP contribution in [0, 0.1) is 0 Å². The van der Waals surface area contributed by atoms with Crippen molar-refractivity contribution in [3.05, 3.63) is 85.1 Å². The maximum atomic E-state index is 12.9. The molecule has 6 heteroatoms. The molecule has 1 atom stereocenters. The van der Waals surface area contributed by atoms with E-state index >= 15 is 0 Å². The molecule has 1 unspecified atom stereocenters. The van der Waals surface area contributed by atoms with Crippen molar-refractivity contribution in [2.75, 3.05) is 13.2 Å². The second-order valence-corrected chi connectivity index (χ2v) is 20.6. The third-order valence-electron chi connectivity index (χ3n) is 13.3. The highest BCUT2D eigenvalue weighted by Gasteiger charge is 2.19. The fraction of sp³-hybridized carbons (Fsp3) is 0.746. The van der Waals surface area contributed by atoms with E-state index in [2.05, 4.69) is 106 Å². The molecule has 0 rings (SSSR count). The normalized spacial score (nSPS) is 12.6. The van der Waals surface area contributed by atoms with Crippen LogP contribution >= 0.6 is 0 Å². The maximum Gasteiger partial charge on any atom is 0.306 e. The summed E-state index contributed by atoms with van der Waals surface area (Å²) in [5, 5.41) is 0. The van der Waals surface area contributed by atoms with Crippen molar-refractivity contribution in [2.45, 2.75) is 309 Å². The molecule has 0 aliphatic heterocycles. The minimum Gasteiger partial charge on any atom is -0.462 e. The molecular formula is C67H116O6. The Hall–Kier alpha value is -3.41. The largest absolute Gasteiger partial charge is 0.462 e. The third-order valence-corrected chi connectivity index (χ3v) is 13.3. The Morgan fingerprint density at radius 3 is 0.890 bits per heavy atom. The van der Waals surface area contributed by atoms with Crippen LogP contribution in [0.2, 0.25) is 0 Å². The van der Waals surface area contributed by atoms with Gasteiger partial charge in [-0.1, -0.05) is 260 Å². The van der Waals surface area contributed by atoms with Gasteiger partial charge in [-0.05, 0) is 109 Å². The molecule has 6 nitrogen and oxygen atoms in total. The Labute approximate surface area is 452 Å². The Morgan fingerprint density at radius 2 is 0.562 bits per heavy atom. The molecule has 0 heterocycles. The van der Waals surface area contributed by atoms with Crippen LogP contribution in [0.4, 0.5) is 0 Å². The van der Waals surface area contributed by atoms with E-state index in [1.165, 1.54) is 128 Å². The van der Waals surface area contributed by atoms with Crippen molar-refractivity contribution < 1.29 is 28.6 Å². The first-order valence-electron chi connectivity index (χ1n) is 31.1. The molecule has 0 aliphatic carbocycles. The second-order valence-electron chi connectivity index (χ2n) is 20.6. The second kappa shape index (κ2) is 61.1. The average Bonchev–Trinajstić information content (AvgIpc) is 3.39. The Kier molecular flexibility index (Phi) is 58.3. The molecule has 0 radical (unpaired) electrons. The van der Waals surface area contributed by atoms with Crippen LogP contribution in [-0.2, 0) is 28.6 Å². The van der Waals surface area contributed by atoms with Crippen LogP contribution in [-0.4, -0.2) is 37.2 Å². The van der Waals surface area contributed by atoms with Gasteiger partial charge in [0.15, 0.2) is 6.10 Å². The summed E-state index contributed by atoms with van der Waals surface area (Å²) in [6.07, 6.45) is 80.2. The number of hydrogen-bond acceptors (Lipinski definition) is 6. The van der Waals surface area contributed by atoms with Crippen molar-refractivity contribution in [3.63, 3.8) is 0 Å². The zero-order valence-corrected chi connectivity index (χ0v) is 48.1. The lowest BCUT2D eigenvalue weighted by molar-refractivity contribution is -0.167. The summed E-state index contributed by atoms with van der Waals surface area (Å²) in [4.78, 5) is 38.2. The van der Waals surface area contributed by atoms with Crippen molar-refractivity contribution in [1.82, 2.24) is 0 Å². The smallest absolute Gasteiger partial charge is 0.306 e. The first kappa shape index (κ1) is 69.6. The van der Waals surface area contributed by atoms with E-state index in [0.29, 0.717) is 19.3 Å². The Bertz CT molecular complexity index is 1400. The van der Waals surface area contributed by atoms with E-state index in [9.17, 15) is 14.4 Å². The summed E-state index contributed by atoms with van der Waals surface area (Å²) >= 11 is 0. The highest BCUT2D eigenvalue weighted by molar-refractivity contribution is 5.71. The predicted octanol–water partition coefficient (Wildman–Crippen LogP) is 21.1. The first-order valence-corrected chi connectivity index (χ1v) is 31.1. The standard InChI is InChI=1S/C67H116O6/c1-4-7-10-13-16-19-22-25-27-28-29-30-31-32-33-34-35-36-37-38-40-42-45-48-51-54-57-60-66(69)72-63-64(62-71-65(68)59-56-53-50-47-44-41-24-21-18-15-12-9-6-3)73-67(70)61-58-55-52-49-46-43-39-26-23-20-17-14-11-8-5-2/h8,11-12,15,17,20-22,24-26,28-29,39,64H,4-7,9-10,13-14,16,18-19,23,27,30-38,40-63H2,1-3H3/b11-8-,15-12-,20-17-,24-21-,25-22-,29-28-,39-26-. The van der Waals surface area contributed by atoms with Crippen LogP contribution < -0.4 is 0 Å². The number of esters is 3. The van der Waals surface area contributed by atoms with Crippen LogP contribution in [0.5, 0.6) is 0 Å². The van der Waals surface area contributed by atoms with Gasteiger partial charge in [-0.2, -0.15) is 0 Å². The fourth-order valence-corrected chi connectivity index (χ4v) is 8.70. The molecular weight excluding hydrogens is 901 g/mol. The van der Waals surface area contributed by atoms with Crippen molar-refractivity contribution in [1.29, 1.82) is 0 Å². The molecule has 0 saturated carbocycles. The first-order chi connectivity index (χ1) is 36.0. The summed E-state index contributed by atoms with van der Waals surface area (Å²) in [7, 11) is 0. The topological polar surface area (TPSA) is 78.9 Å². The number of ether oxygens (including phenoxy) is 3. The van der Waals surface area contributed by atoms with E-state index in [1.54, 1.807) is 0 Å². The Balaban J connectivity index is 4.25. The number of hydrogen-bond donors (Lipinski definition) is 0. The third kappa shape index (κ3) is 59.3. The minimum absolute atomic E-state index is 0.0871. The number of allylic oxidation sites excluding steroid dienone is 14. The van der Waals surface area contributed by atoms with E-state index in [-0.39, 0.29) is 31.1 Å². The van der Waals surface area contributed by atoms with Crippen LogP contribution in [0.25, 0.3) is 0 Å². The summed E-state index contributed by atoms with van der Waals surface area (Å²) in [5.41, 5.74) is 0. The minimum atomic E-state index is -0.792. The lowest BCUT2D eigenvalue weighted by Gasteiger charge is -2.18. The quantitative estimate of drug-likeness (QED) is 0.0261. The van der Waals surface area contributed by atoms with Gasteiger partial charge >= 0.3 is 17.9 Å². The van der Waals surface area contributed by atoms with Crippen LogP contribution in [0.3, 0.4) is 0 Å². The van der Waals surface area contributed by atoms with Gasteiger partial charge in [0.2, 0.25) is 0 Å². The molecule has 0 fully saturated rings. The molecule has 0 saturated heterocycles. The molecule has 0 bridgehead atoms. The van der Waals surface area contributed by atoms with Crippen molar-refractivity contribution >= 4 is 17.9 Å². The highest BCUT2D eigenvalue weighted by Crippen LogP contribution is 2.16. The van der Waals surface area contributed by atoms with Crippen LogP contribution in [0.1, 0.15) is 303 Å². The molecule has 0 aromatic carbocycles. The van der Waals surface area contributed by atoms with E-state index in [4.69, 9.17) is 14.2 Å². The lowest BCUT2D eigenvalue weighted by Crippen LogP contribution is -2.30. The van der Waals surface area contributed by atoms with Gasteiger partial charge in [0.25, 0.3) is 0 Å². The van der Waals surface area contributed by atoms with Gasteiger partial charge in [-0.3, -0.25) is 14.4 Å². The molecule has 0 aromatic rings. The molecule has 0 N–H and O–H groups in total. The van der Waals surface area contributed by atoms with Gasteiger partial charge in [-0.15, -0.1) is 0 Å². The van der Waals surface area contributed by atoms with E-state index < -0.39 is 6.10 Å². The molecule has 0 aliphatic rings. The summed E-state index contributed by atoms with van der Waals surface area (Å²) in [6.45, 7) is 6.45. The summed E-state index contributed by atoms with van der Waals surface area (Å²) in [5.74, 6) is -0.911. The van der Waals surface area contributed by atoms with Gasteiger partial charge in [0.1, 0.15) is 13.2 Å². The highest BCUT2D eigenvalue weighted by atomic mass is 16.6. The van der Waals surface area contributed by atoms with Gasteiger partial charge < -0.3 is 14.2 Å². The predicted molar refractivity (Wildman–Crippen MR) is 316 cm³/mol. The Morgan fingerprint density at radius 1 is 0.288 bits per heavy atom. The van der Waals surface area contributed by atoms with E-state index in [0.717, 1.165) is 135 Å². The zero-order chi connectivity index (χ0) is 52.9. The molecule has 0 amide bonds. The maximum absolute atomic E-state index is 12.9. The zero-order valence-electron chi connectivity index (χ0n) is 48.1. The number of unbranched alkanes of at least 4 members (excludes halogenated alkanes) is 31. The average molecular weight is 1020 g/mol. The van der Waals surface area contributed by atoms with Gasteiger partial charge in [0.05, 0.1) is 0 Å². The van der Waals surface area contributed by atoms with Gasteiger partial charge in [-0.25, -0.2) is 0 Å². The monoisotopic (exact) mass is 1020 g/mol. The molecule has 0 spiro atoms. The number of rotatable bonds is 56. The molecule has 73 heavy (non-hydrogen) atoms.